The summed E-state index contributed by atoms with van der Waals surface area (Å²) in [5, 5.41) is 0. The van der Waals surface area contributed by atoms with Crippen LogP contribution >= 0.6 is 15.9 Å². The van der Waals surface area contributed by atoms with Gasteiger partial charge in [-0.1, -0.05) is 6.92 Å². The summed E-state index contributed by atoms with van der Waals surface area (Å²) in [6, 6.07) is 3.33. The molecule has 4 nitrogen and oxygen atoms in total. The van der Waals surface area contributed by atoms with Crippen molar-refractivity contribution in [2.24, 2.45) is 0 Å². The van der Waals surface area contributed by atoms with Gasteiger partial charge < -0.3 is 14.2 Å². The highest BCUT2D eigenvalue weighted by Crippen LogP contribution is 2.36. The molecule has 0 saturated carbocycles. The SMILES string of the molecule is CCCOCCOc1c(Br)cc(C=O)cc1OC. The van der Waals surface area contributed by atoms with E-state index in [-0.39, 0.29) is 0 Å². The lowest BCUT2D eigenvalue weighted by Gasteiger charge is -2.13. The molecule has 1 rings (SSSR count). The normalized spacial score (nSPS) is 10.2. The van der Waals surface area contributed by atoms with Crippen molar-refractivity contribution in [1.29, 1.82) is 0 Å². The first-order valence-corrected chi connectivity index (χ1v) is 6.55. The Hall–Kier alpha value is -1.07. The van der Waals surface area contributed by atoms with E-state index in [1.54, 1.807) is 12.1 Å². The van der Waals surface area contributed by atoms with Gasteiger partial charge in [-0.2, -0.15) is 0 Å². The predicted octanol–water partition coefficient (Wildman–Crippen LogP) is 3.08. The fourth-order valence-electron chi connectivity index (χ4n) is 1.40. The molecule has 0 saturated heterocycles. The molecule has 0 aromatic heterocycles. The third-order valence-corrected chi connectivity index (χ3v) is 2.80. The Kier molecular flexibility index (Phi) is 6.75. The molecular formula is C13H17BrO4. The molecular weight excluding hydrogens is 300 g/mol. The minimum atomic E-state index is 0.440. The summed E-state index contributed by atoms with van der Waals surface area (Å²) >= 11 is 3.36. The Bertz CT molecular complexity index is 393. The van der Waals surface area contributed by atoms with E-state index in [1.807, 2.05) is 0 Å². The van der Waals surface area contributed by atoms with Crippen LogP contribution in [-0.2, 0) is 4.74 Å². The molecule has 0 amide bonds. The van der Waals surface area contributed by atoms with Crippen LogP contribution in [0.3, 0.4) is 0 Å². The Morgan fingerprint density at radius 3 is 2.67 bits per heavy atom. The summed E-state index contributed by atoms with van der Waals surface area (Å²) in [6.45, 7) is 3.75. The summed E-state index contributed by atoms with van der Waals surface area (Å²) < 4.78 is 16.8. The molecule has 0 aliphatic carbocycles. The molecule has 18 heavy (non-hydrogen) atoms. The Labute approximate surface area is 115 Å². The lowest BCUT2D eigenvalue weighted by Crippen LogP contribution is -2.08. The van der Waals surface area contributed by atoms with Crippen LogP contribution < -0.4 is 9.47 Å². The summed E-state index contributed by atoms with van der Waals surface area (Å²) in [5.74, 6) is 1.12. The van der Waals surface area contributed by atoms with Gasteiger partial charge in [-0.15, -0.1) is 0 Å². The molecule has 0 fully saturated rings. The van der Waals surface area contributed by atoms with Crippen LogP contribution in [0.2, 0.25) is 0 Å². The van der Waals surface area contributed by atoms with Crippen molar-refractivity contribution in [2.75, 3.05) is 26.9 Å². The summed E-state index contributed by atoms with van der Waals surface area (Å²) in [5.41, 5.74) is 0.535. The topological polar surface area (TPSA) is 44.8 Å². The summed E-state index contributed by atoms with van der Waals surface area (Å²) in [7, 11) is 1.54. The largest absolute Gasteiger partial charge is 0.493 e. The van der Waals surface area contributed by atoms with Crippen molar-refractivity contribution in [2.45, 2.75) is 13.3 Å². The molecule has 5 heteroatoms. The molecule has 0 unspecified atom stereocenters. The Morgan fingerprint density at radius 2 is 2.06 bits per heavy atom. The lowest BCUT2D eigenvalue weighted by molar-refractivity contribution is 0.0992. The molecule has 0 radical (unpaired) electrons. The van der Waals surface area contributed by atoms with Crippen molar-refractivity contribution in [3.05, 3.63) is 22.2 Å². The zero-order valence-electron chi connectivity index (χ0n) is 10.6. The van der Waals surface area contributed by atoms with Crippen LogP contribution in [0.25, 0.3) is 0 Å². The number of carbonyl (C=O) groups excluding carboxylic acids is 1. The number of carbonyl (C=O) groups is 1. The molecule has 0 heterocycles. The predicted molar refractivity (Wildman–Crippen MR) is 72.7 cm³/mol. The molecule has 1 aromatic rings. The van der Waals surface area contributed by atoms with Crippen molar-refractivity contribution in [3.8, 4) is 11.5 Å². The Balaban J connectivity index is 2.66. The van der Waals surface area contributed by atoms with E-state index < -0.39 is 0 Å². The highest BCUT2D eigenvalue weighted by molar-refractivity contribution is 9.10. The second-order valence-corrected chi connectivity index (χ2v) is 4.47. The van der Waals surface area contributed by atoms with Gasteiger partial charge in [-0.25, -0.2) is 0 Å². The molecule has 0 atom stereocenters. The first kappa shape index (κ1) is 15.0. The van der Waals surface area contributed by atoms with Gasteiger partial charge in [0, 0.05) is 12.2 Å². The zero-order valence-corrected chi connectivity index (χ0v) is 12.2. The second kappa shape index (κ2) is 8.11. The van der Waals surface area contributed by atoms with Crippen LogP contribution in [0.15, 0.2) is 16.6 Å². The second-order valence-electron chi connectivity index (χ2n) is 3.61. The van der Waals surface area contributed by atoms with Crippen molar-refractivity contribution in [3.63, 3.8) is 0 Å². The quantitative estimate of drug-likeness (QED) is 0.546. The standard InChI is InChI=1S/C13H17BrO4/c1-3-4-17-5-6-18-13-11(14)7-10(9-15)8-12(13)16-2/h7-9H,3-6H2,1-2H3. The summed E-state index contributed by atoms with van der Waals surface area (Å²) in [4.78, 5) is 10.7. The van der Waals surface area contributed by atoms with Crippen LogP contribution in [-0.4, -0.2) is 33.2 Å². The van der Waals surface area contributed by atoms with Gasteiger partial charge in [0.2, 0.25) is 0 Å². The van der Waals surface area contributed by atoms with Crippen LogP contribution in [0.1, 0.15) is 23.7 Å². The van der Waals surface area contributed by atoms with E-state index in [4.69, 9.17) is 14.2 Å². The maximum absolute atomic E-state index is 10.7. The zero-order chi connectivity index (χ0) is 13.4. The number of methoxy groups -OCH3 is 1. The lowest BCUT2D eigenvalue weighted by atomic mass is 10.2. The van der Waals surface area contributed by atoms with Gasteiger partial charge in [0.1, 0.15) is 12.9 Å². The first-order valence-electron chi connectivity index (χ1n) is 5.76. The highest BCUT2D eigenvalue weighted by Gasteiger charge is 2.11. The monoisotopic (exact) mass is 316 g/mol. The van der Waals surface area contributed by atoms with Crippen LogP contribution in [0, 0.1) is 0 Å². The smallest absolute Gasteiger partial charge is 0.175 e. The number of benzene rings is 1. The van der Waals surface area contributed by atoms with Crippen molar-refractivity contribution < 1.29 is 19.0 Å². The van der Waals surface area contributed by atoms with Crippen molar-refractivity contribution >= 4 is 22.2 Å². The first-order chi connectivity index (χ1) is 8.72. The highest BCUT2D eigenvalue weighted by atomic mass is 79.9. The molecule has 0 bridgehead atoms. The minimum absolute atomic E-state index is 0.440. The van der Waals surface area contributed by atoms with Gasteiger partial charge >= 0.3 is 0 Å². The molecule has 0 aliphatic heterocycles. The van der Waals surface area contributed by atoms with E-state index in [9.17, 15) is 4.79 Å². The average Bonchev–Trinajstić information content (AvgIpc) is 2.39. The maximum atomic E-state index is 10.7. The number of aldehydes is 1. The molecule has 1 aromatic carbocycles. The maximum Gasteiger partial charge on any atom is 0.175 e. The number of halogens is 1. The molecule has 0 spiro atoms. The average molecular weight is 317 g/mol. The van der Waals surface area contributed by atoms with Gasteiger partial charge in [0.25, 0.3) is 0 Å². The van der Waals surface area contributed by atoms with Gasteiger partial charge in [0.15, 0.2) is 11.5 Å². The van der Waals surface area contributed by atoms with E-state index >= 15 is 0 Å². The van der Waals surface area contributed by atoms with Gasteiger partial charge in [-0.3, -0.25) is 4.79 Å². The number of rotatable bonds is 8. The molecule has 0 N–H and O–H groups in total. The van der Waals surface area contributed by atoms with Crippen LogP contribution in [0.5, 0.6) is 11.5 Å². The minimum Gasteiger partial charge on any atom is -0.493 e. The van der Waals surface area contributed by atoms with Crippen molar-refractivity contribution in [1.82, 2.24) is 0 Å². The summed E-state index contributed by atoms with van der Waals surface area (Å²) in [6.07, 6.45) is 1.75. The van der Waals surface area contributed by atoms with Crippen LogP contribution in [0.4, 0.5) is 0 Å². The number of ether oxygens (including phenoxy) is 3. The van der Waals surface area contributed by atoms with E-state index in [1.165, 1.54) is 7.11 Å². The van der Waals surface area contributed by atoms with Gasteiger partial charge in [0.05, 0.1) is 18.2 Å². The van der Waals surface area contributed by atoms with E-state index in [0.717, 1.165) is 19.3 Å². The third-order valence-electron chi connectivity index (χ3n) is 2.21. The fourth-order valence-corrected chi connectivity index (χ4v) is 1.97. The third kappa shape index (κ3) is 4.31. The number of hydrogen-bond donors (Lipinski definition) is 0. The van der Waals surface area contributed by atoms with E-state index in [2.05, 4.69) is 22.9 Å². The van der Waals surface area contributed by atoms with Gasteiger partial charge in [-0.05, 0) is 34.5 Å². The van der Waals surface area contributed by atoms with E-state index in [0.29, 0.717) is 34.7 Å². The molecule has 0 aliphatic rings. The Morgan fingerprint density at radius 1 is 1.28 bits per heavy atom. The fraction of sp³-hybridized carbons (Fsp3) is 0.462. The molecule has 100 valence electrons. The number of hydrogen-bond acceptors (Lipinski definition) is 4.